The van der Waals surface area contributed by atoms with Gasteiger partial charge in [-0.2, -0.15) is 0 Å². The molecule has 1 aliphatic rings. The van der Waals surface area contributed by atoms with Crippen LogP contribution in [0.15, 0.2) is 29.2 Å². The Morgan fingerprint density at radius 2 is 1.76 bits per heavy atom. The van der Waals surface area contributed by atoms with Crippen LogP contribution in [-0.2, 0) is 15.4 Å². The minimum absolute atomic E-state index is 0.351. The predicted molar refractivity (Wildman–Crippen MR) is 90.0 cm³/mol. The van der Waals surface area contributed by atoms with E-state index in [9.17, 15) is 8.42 Å². The molecule has 5 heteroatoms. The summed E-state index contributed by atoms with van der Waals surface area (Å²) in [5, 5.41) is 0.737. The maximum absolute atomic E-state index is 12.2. The number of nitrogens with one attached hydrogen (secondary N) is 1. The molecule has 0 spiro atoms. The summed E-state index contributed by atoms with van der Waals surface area (Å²) < 4.78 is 27.1. The Balaban J connectivity index is 1.83. The molecule has 1 N–H and O–H groups in total. The normalized spacial score (nSPS) is 23.1. The van der Waals surface area contributed by atoms with Gasteiger partial charge in [0.25, 0.3) is 0 Å². The van der Waals surface area contributed by atoms with Gasteiger partial charge in [0, 0.05) is 11.9 Å². The quantitative estimate of drug-likeness (QED) is 0.763. The van der Waals surface area contributed by atoms with Gasteiger partial charge >= 0.3 is 0 Å². The monoisotopic (exact) mass is 373 g/mol. The van der Waals surface area contributed by atoms with E-state index in [0.29, 0.717) is 17.4 Å². The minimum Gasteiger partial charge on any atom is -0.211 e. The van der Waals surface area contributed by atoms with Gasteiger partial charge in [0.1, 0.15) is 0 Å². The third-order valence-corrected chi connectivity index (χ3v) is 6.49. The number of sulfonamides is 1. The molecule has 0 unspecified atom stereocenters. The molecule has 2 rings (SSSR count). The zero-order valence-corrected chi connectivity index (χ0v) is 14.9. The first kappa shape index (κ1) is 17.0. The van der Waals surface area contributed by atoms with Gasteiger partial charge in [0.2, 0.25) is 10.0 Å². The molecular weight excluding hydrogens is 350 g/mol. The maximum atomic E-state index is 12.2. The van der Waals surface area contributed by atoms with Crippen LogP contribution in [0.3, 0.4) is 0 Å². The maximum Gasteiger partial charge on any atom is 0.240 e. The zero-order chi connectivity index (χ0) is 15.3. The van der Waals surface area contributed by atoms with Crippen molar-refractivity contribution in [1.82, 2.24) is 4.72 Å². The number of hydrogen-bond donors (Lipinski definition) is 1. The van der Waals surface area contributed by atoms with Crippen molar-refractivity contribution in [3.8, 4) is 0 Å². The second kappa shape index (κ2) is 7.75. The third kappa shape index (κ3) is 5.08. The van der Waals surface area contributed by atoms with Gasteiger partial charge in [-0.05, 0) is 36.0 Å². The van der Waals surface area contributed by atoms with Crippen molar-refractivity contribution in [3.05, 3.63) is 29.8 Å². The first-order valence-electron chi connectivity index (χ1n) is 7.66. The van der Waals surface area contributed by atoms with E-state index in [2.05, 4.69) is 27.6 Å². The van der Waals surface area contributed by atoms with Crippen LogP contribution in [-0.4, -0.2) is 15.0 Å². The number of alkyl halides is 1. The van der Waals surface area contributed by atoms with E-state index in [1.54, 1.807) is 12.1 Å². The van der Waals surface area contributed by atoms with Gasteiger partial charge in [0.05, 0.1) is 4.90 Å². The molecule has 0 atom stereocenters. The topological polar surface area (TPSA) is 46.2 Å². The van der Waals surface area contributed by atoms with E-state index in [0.717, 1.165) is 23.2 Å². The molecule has 21 heavy (non-hydrogen) atoms. The highest BCUT2D eigenvalue weighted by Gasteiger charge is 2.19. The van der Waals surface area contributed by atoms with Crippen LogP contribution >= 0.6 is 15.9 Å². The molecule has 1 aliphatic carbocycles. The van der Waals surface area contributed by atoms with Gasteiger partial charge in [-0.15, -0.1) is 0 Å². The van der Waals surface area contributed by atoms with Crippen LogP contribution < -0.4 is 4.72 Å². The highest BCUT2D eigenvalue weighted by Crippen LogP contribution is 2.30. The lowest BCUT2D eigenvalue weighted by molar-refractivity contribution is 0.278. The summed E-state index contributed by atoms with van der Waals surface area (Å²) in [6, 6.07) is 7.01. The average Bonchev–Trinajstić information content (AvgIpc) is 2.49. The van der Waals surface area contributed by atoms with E-state index in [1.165, 1.54) is 25.7 Å². The molecule has 0 saturated heterocycles. The fraction of sp³-hybridized carbons (Fsp3) is 0.625. The molecular formula is C16H24BrNO2S. The van der Waals surface area contributed by atoms with Gasteiger partial charge in [-0.3, -0.25) is 0 Å². The van der Waals surface area contributed by atoms with E-state index >= 15 is 0 Å². The van der Waals surface area contributed by atoms with Crippen LogP contribution in [0, 0.1) is 11.8 Å². The van der Waals surface area contributed by atoms with Crippen molar-refractivity contribution < 1.29 is 8.42 Å². The van der Waals surface area contributed by atoms with Gasteiger partial charge < -0.3 is 0 Å². The van der Waals surface area contributed by atoms with E-state index in [4.69, 9.17) is 0 Å². The Labute approximate surface area is 136 Å². The standard InChI is InChI=1S/C16H24BrNO2S/c1-13-2-4-14(5-3-13)10-11-18-21(19,20)16-8-6-15(12-17)7-9-16/h6-9,13-14,18H,2-5,10-12H2,1H3. The molecule has 0 heterocycles. The van der Waals surface area contributed by atoms with Crippen molar-refractivity contribution in [2.24, 2.45) is 11.8 Å². The van der Waals surface area contributed by atoms with Gasteiger partial charge in [0.15, 0.2) is 0 Å². The van der Waals surface area contributed by atoms with Gasteiger partial charge in [-0.1, -0.05) is 60.7 Å². The predicted octanol–water partition coefficient (Wildman–Crippen LogP) is 4.08. The second-order valence-corrected chi connectivity index (χ2v) is 8.42. The molecule has 1 fully saturated rings. The van der Waals surface area contributed by atoms with Crippen molar-refractivity contribution in [1.29, 1.82) is 0 Å². The SMILES string of the molecule is CC1CCC(CCNS(=O)(=O)c2ccc(CBr)cc2)CC1. The summed E-state index contributed by atoms with van der Waals surface area (Å²) in [5.74, 6) is 1.52. The summed E-state index contributed by atoms with van der Waals surface area (Å²) in [6.07, 6.45) is 5.99. The smallest absolute Gasteiger partial charge is 0.211 e. The van der Waals surface area contributed by atoms with Crippen LogP contribution in [0.5, 0.6) is 0 Å². The molecule has 1 aromatic carbocycles. The Kier molecular flexibility index (Phi) is 6.26. The molecule has 1 aromatic rings. The van der Waals surface area contributed by atoms with E-state index in [-0.39, 0.29) is 0 Å². The molecule has 0 radical (unpaired) electrons. The molecule has 118 valence electrons. The van der Waals surface area contributed by atoms with E-state index < -0.39 is 10.0 Å². The van der Waals surface area contributed by atoms with Crippen molar-refractivity contribution >= 4 is 26.0 Å². The largest absolute Gasteiger partial charge is 0.240 e. The summed E-state index contributed by atoms with van der Waals surface area (Å²) >= 11 is 3.36. The van der Waals surface area contributed by atoms with E-state index in [1.807, 2.05) is 12.1 Å². The Morgan fingerprint density at radius 3 is 2.33 bits per heavy atom. The van der Waals surface area contributed by atoms with Gasteiger partial charge in [-0.25, -0.2) is 13.1 Å². The Bertz CT molecular complexity index is 534. The molecule has 0 aromatic heterocycles. The first-order chi connectivity index (χ1) is 10.0. The summed E-state index contributed by atoms with van der Waals surface area (Å²) in [5.41, 5.74) is 1.07. The first-order valence-corrected chi connectivity index (χ1v) is 10.3. The highest BCUT2D eigenvalue weighted by molar-refractivity contribution is 9.08. The summed E-state index contributed by atoms with van der Waals surface area (Å²) in [7, 11) is -3.36. The number of halogens is 1. The lowest BCUT2D eigenvalue weighted by Gasteiger charge is -2.26. The van der Waals surface area contributed by atoms with Crippen molar-refractivity contribution in [3.63, 3.8) is 0 Å². The number of hydrogen-bond acceptors (Lipinski definition) is 2. The Morgan fingerprint density at radius 1 is 1.14 bits per heavy atom. The number of rotatable bonds is 6. The van der Waals surface area contributed by atoms with Crippen molar-refractivity contribution in [2.45, 2.75) is 49.3 Å². The average molecular weight is 374 g/mol. The Hall–Kier alpha value is -0.390. The van der Waals surface area contributed by atoms with Crippen LogP contribution in [0.4, 0.5) is 0 Å². The third-order valence-electron chi connectivity index (χ3n) is 4.37. The fourth-order valence-corrected chi connectivity index (χ4v) is 4.28. The molecule has 0 aliphatic heterocycles. The van der Waals surface area contributed by atoms with Crippen LogP contribution in [0.25, 0.3) is 0 Å². The summed E-state index contributed by atoms with van der Waals surface area (Å²) in [6.45, 7) is 2.84. The van der Waals surface area contributed by atoms with Crippen LogP contribution in [0.1, 0.15) is 44.6 Å². The molecule has 0 bridgehead atoms. The lowest BCUT2D eigenvalue weighted by atomic mass is 9.81. The zero-order valence-electron chi connectivity index (χ0n) is 12.5. The highest BCUT2D eigenvalue weighted by atomic mass is 79.9. The second-order valence-electron chi connectivity index (χ2n) is 6.09. The summed E-state index contributed by atoms with van der Waals surface area (Å²) in [4.78, 5) is 0.351. The number of benzene rings is 1. The molecule has 3 nitrogen and oxygen atoms in total. The fourth-order valence-electron chi connectivity index (χ4n) is 2.86. The molecule has 1 saturated carbocycles. The van der Waals surface area contributed by atoms with Crippen LogP contribution in [0.2, 0.25) is 0 Å². The minimum atomic E-state index is -3.36. The van der Waals surface area contributed by atoms with Crippen molar-refractivity contribution in [2.75, 3.05) is 6.54 Å². The molecule has 0 amide bonds. The lowest BCUT2D eigenvalue weighted by Crippen LogP contribution is -2.27.